The standard InChI is InChI=1S/C13H17NO5/c1-17-12(15)9-14(10-13(16)18-2)7-3-5-11-6-4-8-19-11/h3-6,8H,7,9-10H2,1-2H3. The van der Waals surface area contributed by atoms with Crippen LogP contribution in [0.1, 0.15) is 5.76 Å². The summed E-state index contributed by atoms with van der Waals surface area (Å²) in [5.41, 5.74) is 0. The lowest BCUT2D eigenvalue weighted by molar-refractivity contribution is -0.145. The van der Waals surface area contributed by atoms with Crippen molar-refractivity contribution in [3.8, 4) is 0 Å². The minimum Gasteiger partial charge on any atom is -0.468 e. The van der Waals surface area contributed by atoms with Gasteiger partial charge in [0.25, 0.3) is 0 Å². The van der Waals surface area contributed by atoms with Crippen molar-refractivity contribution in [2.45, 2.75) is 0 Å². The van der Waals surface area contributed by atoms with Crippen molar-refractivity contribution in [3.05, 3.63) is 30.2 Å². The highest BCUT2D eigenvalue weighted by Crippen LogP contribution is 2.02. The van der Waals surface area contributed by atoms with Crippen molar-refractivity contribution in [3.63, 3.8) is 0 Å². The van der Waals surface area contributed by atoms with Crippen molar-refractivity contribution in [1.82, 2.24) is 4.90 Å². The first-order valence-corrected chi connectivity index (χ1v) is 5.71. The number of hydrogen-bond donors (Lipinski definition) is 0. The Kier molecular flexibility index (Phi) is 6.38. The Hall–Kier alpha value is -2.08. The van der Waals surface area contributed by atoms with Crippen molar-refractivity contribution < 1.29 is 23.5 Å². The number of methoxy groups -OCH3 is 2. The normalized spacial score (nSPS) is 10.9. The molecule has 0 unspecified atom stereocenters. The molecule has 0 atom stereocenters. The fourth-order valence-corrected chi connectivity index (χ4v) is 1.38. The molecule has 19 heavy (non-hydrogen) atoms. The first-order valence-electron chi connectivity index (χ1n) is 5.71. The molecule has 0 radical (unpaired) electrons. The minimum absolute atomic E-state index is 0.0219. The van der Waals surface area contributed by atoms with E-state index in [1.807, 2.05) is 0 Å². The zero-order valence-electron chi connectivity index (χ0n) is 11.0. The molecule has 0 saturated heterocycles. The lowest BCUT2D eigenvalue weighted by Gasteiger charge is -2.17. The van der Waals surface area contributed by atoms with Gasteiger partial charge in [0, 0.05) is 6.54 Å². The summed E-state index contributed by atoms with van der Waals surface area (Å²) < 4.78 is 14.3. The van der Waals surface area contributed by atoms with Gasteiger partial charge < -0.3 is 13.9 Å². The number of furan rings is 1. The third kappa shape index (κ3) is 5.87. The highest BCUT2D eigenvalue weighted by atomic mass is 16.5. The number of carbonyl (C=O) groups is 2. The molecule has 6 nitrogen and oxygen atoms in total. The van der Waals surface area contributed by atoms with Crippen LogP contribution in [-0.4, -0.2) is 50.7 Å². The summed E-state index contributed by atoms with van der Waals surface area (Å²) in [6.07, 6.45) is 5.13. The van der Waals surface area contributed by atoms with Crippen LogP contribution in [0.25, 0.3) is 6.08 Å². The fraction of sp³-hybridized carbons (Fsp3) is 0.385. The van der Waals surface area contributed by atoms with E-state index in [-0.39, 0.29) is 13.1 Å². The van der Waals surface area contributed by atoms with E-state index in [1.165, 1.54) is 14.2 Å². The predicted octanol–water partition coefficient (Wildman–Crippen LogP) is 0.941. The fourth-order valence-electron chi connectivity index (χ4n) is 1.38. The first kappa shape index (κ1) is 15.0. The van der Waals surface area contributed by atoms with E-state index in [1.54, 1.807) is 35.4 Å². The topological polar surface area (TPSA) is 69.0 Å². The second-order valence-corrected chi connectivity index (χ2v) is 3.74. The molecule has 1 aromatic heterocycles. The van der Waals surface area contributed by atoms with Crippen LogP contribution in [0.2, 0.25) is 0 Å². The molecule has 1 heterocycles. The van der Waals surface area contributed by atoms with E-state index in [9.17, 15) is 9.59 Å². The molecule has 0 saturated carbocycles. The molecule has 6 heteroatoms. The zero-order chi connectivity index (χ0) is 14.1. The third-order valence-electron chi connectivity index (χ3n) is 2.35. The number of hydrogen-bond acceptors (Lipinski definition) is 6. The average molecular weight is 267 g/mol. The summed E-state index contributed by atoms with van der Waals surface area (Å²) >= 11 is 0. The molecule has 0 aromatic carbocycles. The van der Waals surface area contributed by atoms with Gasteiger partial charge in [-0.1, -0.05) is 6.08 Å². The summed E-state index contributed by atoms with van der Waals surface area (Å²) in [4.78, 5) is 24.1. The van der Waals surface area contributed by atoms with E-state index in [0.29, 0.717) is 12.3 Å². The Morgan fingerprint density at radius 1 is 1.26 bits per heavy atom. The van der Waals surface area contributed by atoms with Gasteiger partial charge >= 0.3 is 11.9 Å². The van der Waals surface area contributed by atoms with E-state index >= 15 is 0 Å². The van der Waals surface area contributed by atoms with Crippen molar-refractivity contribution >= 4 is 18.0 Å². The highest BCUT2D eigenvalue weighted by molar-refractivity contribution is 5.74. The molecule has 0 amide bonds. The molecule has 0 spiro atoms. The molecule has 0 fully saturated rings. The van der Waals surface area contributed by atoms with Crippen molar-refractivity contribution in [2.75, 3.05) is 33.9 Å². The van der Waals surface area contributed by atoms with Gasteiger partial charge in [-0.15, -0.1) is 0 Å². The van der Waals surface area contributed by atoms with Gasteiger partial charge in [-0.3, -0.25) is 14.5 Å². The minimum atomic E-state index is -0.407. The van der Waals surface area contributed by atoms with E-state index < -0.39 is 11.9 Å². The van der Waals surface area contributed by atoms with Crippen LogP contribution in [0.5, 0.6) is 0 Å². The van der Waals surface area contributed by atoms with Crippen molar-refractivity contribution in [2.24, 2.45) is 0 Å². The van der Waals surface area contributed by atoms with Gasteiger partial charge in [-0.2, -0.15) is 0 Å². The smallest absolute Gasteiger partial charge is 0.319 e. The van der Waals surface area contributed by atoms with Crippen LogP contribution in [0.15, 0.2) is 28.9 Å². The number of esters is 2. The first-order chi connectivity index (χ1) is 9.15. The van der Waals surface area contributed by atoms with Crippen LogP contribution in [0, 0.1) is 0 Å². The summed E-state index contributed by atoms with van der Waals surface area (Å²) in [6.45, 7) is 0.451. The molecule has 0 aliphatic carbocycles. The van der Waals surface area contributed by atoms with Crippen LogP contribution >= 0.6 is 0 Å². The second kappa shape index (κ2) is 8.10. The van der Waals surface area contributed by atoms with Crippen LogP contribution in [0.3, 0.4) is 0 Å². The third-order valence-corrected chi connectivity index (χ3v) is 2.35. The van der Waals surface area contributed by atoms with Crippen LogP contribution in [-0.2, 0) is 19.1 Å². The van der Waals surface area contributed by atoms with E-state index in [4.69, 9.17) is 4.42 Å². The lowest BCUT2D eigenvalue weighted by atomic mass is 10.3. The van der Waals surface area contributed by atoms with Crippen LogP contribution in [0.4, 0.5) is 0 Å². The Morgan fingerprint density at radius 2 is 1.89 bits per heavy atom. The number of ether oxygens (including phenoxy) is 2. The molecule has 1 aromatic rings. The summed E-state index contributed by atoms with van der Waals surface area (Å²) in [5, 5.41) is 0. The quantitative estimate of drug-likeness (QED) is 0.685. The summed E-state index contributed by atoms with van der Waals surface area (Å²) in [6, 6.07) is 3.59. The Balaban J connectivity index is 2.52. The molecule has 0 aliphatic heterocycles. The molecule has 0 bridgehead atoms. The molecule has 0 aliphatic rings. The maximum atomic E-state index is 11.2. The van der Waals surface area contributed by atoms with Gasteiger partial charge in [0.15, 0.2) is 0 Å². The zero-order valence-corrected chi connectivity index (χ0v) is 11.0. The van der Waals surface area contributed by atoms with E-state index in [2.05, 4.69) is 9.47 Å². The molecular formula is C13H17NO5. The van der Waals surface area contributed by atoms with Gasteiger partial charge in [0.2, 0.25) is 0 Å². The average Bonchev–Trinajstić information content (AvgIpc) is 2.91. The van der Waals surface area contributed by atoms with Gasteiger partial charge in [-0.25, -0.2) is 0 Å². The number of rotatable bonds is 7. The Bertz CT molecular complexity index is 406. The lowest BCUT2D eigenvalue weighted by Crippen LogP contribution is -2.35. The largest absolute Gasteiger partial charge is 0.468 e. The predicted molar refractivity (Wildman–Crippen MR) is 68.2 cm³/mol. The maximum Gasteiger partial charge on any atom is 0.319 e. The van der Waals surface area contributed by atoms with E-state index in [0.717, 1.165) is 0 Å². The Labute approximate surface area is 111 Å². The SMILES string of the molecule is COC(=O)CN(CC=Cc1ccco1)CC(=O)OC. The number of carbonyl (C=O) groups excluding carboxylic acids is 2. The monoisotopic (exact) mass is 267 g/mol. The van der Waals surface area contributed by atoms with Crippen LogP contribution < -0.4 is 0 Å². The van der Waals surface area contributed by atoms with Gasteiger partial charge in [-0.05, 0) is 18.2 Å². The highest BCUT2D eigenvalue weighted by Gasteiger charge is 2.13. The Morgan fingerprint density at radius 3 is 2.37 bits per heavy atom. The van der Waals surface area contributed by atoms with Gasteiger partial charge in [0.05, 0.1) is 33.6 Å². The summed E-state index contributed by atoms with van der Waals surface area (Å²) in [7, 11) is 2.61. The molecule has 0 N–H and O–H groups in total. The van der Waals surface area contributed by atoms with Gasteiger partial charge in [0.1, 0.15) is 5.76 Å². The molecule has 1 rings (SSSR count). The molecular weight excluding hydrogens is 250 g/mol. The second-order valence-electron chi connectivity index (χ2n) is 3.74. The molecule has 104 valence electrons. The maximum absolute atomic E-state index is 11.2. The summed E-state index contributed by atoms with van der Waals surface area (Å²) in [5.74, 6) is -0.110. The number of nitrogens with zero attached hydrogens (tertiary/aromatic N) is 1. The van der Waals surface area contributed by atoms with Crippen molar-refractivity contribution in [1.29, 1.82) is 0 Å².